The predicted molar refractivity (Wildman–Crippen MR) is 279 cm³/mol. The average molecular weight is 909 g/mol. The van der Waals surface area contributed by atoms with Crippen LogP contribution in [-0.2, 0) is 28.6 Å². The molecule has 0 radical (unpaired) electrons. The molecule has 0 spiro atoms. The first-order chi connectivity index (χ1) is 32.0. The van der Waals surface area contributed by atoms with Crippen molar-refractivity contribution in [1.82, 2.24) is 0 Å². The quantitative estimate of drug-likeness (QED) is 0.0199. The molecule has 0 aliphatic heterocycles. The zero-order valence-electron chi connectivity index (χ0n) is 43.0. The monoisotopic (exact) mass is 909 g/mol. The number of esters is 3. The lowest BCUT2D eigenvalue weighted by Crippen LogP contribution is -2.30. The highest BCUT2D eigenvalue weighted by atomic mass is 16.6. The van der Waals surface area contributed by atoms with Gasteiger partial charge in [-0.05, 0) is 89.9 Å². The van der Waals surface area contributed by atoms with E-state index in [-0.39, 0.29) is 31.1 Å². The van der Waals surface area contributed by atoms with Crippen molar-refractivity contribution >= 4 is 17.9 Å². The zero-order valence-corrected chi connectivity index (χ0v) is 43.0. The molecule has 0 aromatic rings. The van der Waals surface area contributed by atoms with Gasteiger partial charge in [0, 0.05) is 19.3 Å². The predicted octanol–water partition coefficient (Wildman–Crippen LogP) is 18.4. The highest BCUT2D eigenvalue weighted by molar-refractivity contribution is 5.71. The largest absolute Gasteiger partial charge is 0.462 e. The van der Waals surface area contributed by atoms with E-state index in [1.54, 1.807) is 0 Å². The molecule has 0 fully saturated rings. The van der Waals surface area contributed by atoms with Crippen LogP contribution in [0.15, 0.2) is 60.8 Å². The van der Waals surface area contributed by atoms with Crippen LogP contribution in [0.4, 0.5) is 0 Å². The maximum atomic E-state index is 12.8. The van der Waals surface area contributed by atoms with Crippen LogP contribution in [-0.4, -0.2) is 37.2 Å². The van der Waals surface area contributed by atoms with Crippen LogP contribution < -0.4 is 0 Å². The molecule has 0 rings (SSSR count). The van der Waals surface area contributed by atoms with Crippen molar-refractivity contribution < 1.29 is 28.6 Å². The molecule has 0 saturated heterocycles. The van der Waals surface area contributed by atoms with Gasteiger partial charge in [-0.2, -0.15) is 0 Å². The second-order valence-electron chi connectivity index (χ2n) is 18.5. The van der Waals surface area contributed by atoms with Crippen LogP contribution in [0.1, 0.15) is 278 Å². The first kappa shape index (κ1) is 62.1. The van der Waals surface area contributed by atoms with Crippen molar-refractivity contribution in [3.63, 3.8) is 0 Å². The SMILES string of the molecule is CCCC/C=C\CCCCCCCC(=O)OCC(COC(=O)CCCCCCC/C=C\C=C/CCCCCCCCC)OC(=O)CCCCCCC/C=C\C=C/CCCCCCCCC. The van der Waals surface area contributed by atoms with E-state index in [1.165, 1.54) is 135 Å². The summed E-state index contributed by atoms with van der Waals surface area (Å²) in [5.74, 6) is -0.923. The second-order valence-corrected chi connectivity index (χ2v) is 18.5. The summed E-state index contributed by atoms with van der Waals surface area (Å²) in [6.45, 7) is 6.57. The summed E-state index contributed by atoms with van der Waals surface area (Å²) < 4.78 is 16.8. The molecule has 0 aliphatic carbocycles. The molecule has 0 saturated carbocycles. The van der Waals surface area contributed by atoms with E-state index in [9.17, 15) is 14.4 Å². The number of carbonyl (C=O) groups excluding carboxylic acids is 3. The van der Waals surface area contributed by atoms with Crippen LogP contribution >= 0.6 is 0 Å². The summed E-state index contributed by atoms with van der Waals surface area (Å²) in [6.07, 6.45) is 66.4. The van der Waals surface area contributed by atoms with Crippen LogP contribution in [0.2, 0.25) is 0 Å². The number of rotatable bonds is 50. The Labute approximate surface area is 402 Å². The van der Waals surface area contributed by atoms with Gasteiger partial charge in [0.2, 0.25) is 0 Å². The maximum absolute atomic E-state index is 12.8. The van der Waals surface area contributed by atoms with E-state index in [4.69, 9.17) is 14.2 Å². The lowest BCUT2D eigenvalue weighted by atomic mass is 10.1. The molecule has 0 aromatic carbocycles. The number of allylic oxidation sites excluding steroid dienone is 10. The topological polar surface area (TPSA) is 78.9 Å². The third-order valence-electron chi connectivity index (χ3n) is 12.0. The van der Waals surface area contributed by atoms with Gasteiger partial charge in [-0.3, -0.25) is 14.4 Å². The van der Waals surface area contributed by atoms with Gasteiger partial charge in [0.05, 0.1) is 0 Å². The van der Waals surface area contributed by atoms with Crippen LogP contribution in [0.25, 0.3) is 0 Å². The number of carbonyl (C=O) groups is 3. The minimum absolute atomic E-state index is 0.0898. The number of ether oxygens (including phenoxy) is 3. The van der Waals surface area contributed by atoms with Crippen molar-refractivity contribution in [2.45, 2.75) is 284 Å². The first-order valence-electron chi connectivity index (χ1n) is 27.8. The van der Waals surface area contributed by atoms with E-state index in [2.05, 4.69) is 81.5 Å². The summed E-state index contributed by atoms with van der Waals surface area (Å²) in [6, 6.07) is 0. The highest BCUT2D eigenvalue weighted by Gasteiger charge is 2.19. The third-order valence-corrected chi connectivity index (χ3v) is 12.0. The fourth-order valence-corrected chi connectivity index (χ4v) is 7.76. The minimum atomic E-state index is -0.791. The Hall–Kier alpha value is -2.89. The molecule has 0 heterocycles. The summed E-state index contributed by atoms with van der Waals surface area (Å²) in [7, 11) is 0. The summed E-state index contributed by atoms with van der Waals surface area (Å²) >= 11 is 0. The normalized spacial score (nSPS) is 12.5. The molecule has 6 nitrogen and oxygen atoms in total. The fraction of sp³-hybridized carbons (Fsp3) is 0.780. The first-order valence-corrected chi connectivity index (χ1v) is 27.8. The van der Waals surface area contributed by atoms with Crippen molar-refractivity contribution in [3.05, 3.63) is 60.8 Å². The van der Waals surface area contributed by atoms with Gasteiger partial charge in [0.25, 0.3) is 0 Å². The Kier molecular flexibility index (Phi) is 51.3. The van der Waals surface area contributed by atoms with E-state index in [0.29, 0.717) is 19.3 Å². The Morgan fingerprint density at radius 1 is 0.308 bits per heavy atom. The Balaban J connectivity index is 4.40. The highest BCUT2D eigenvalue weighted by Crippen LogP contribution is 2.14. The summed E-state index contributed by atoms with van der Waals surface area (Å²) in [5.41, 5.74) is 0. The molecule has 1 unspecified atom stereocenters. The molecular formula is C59H104O6. The van der Waals surface area contributed by atoms with Gasteiger partial charge in [-0.1, -0.05) is 229 Å². The zero-order chi connectivity index (χ0) is 47.2. The molecule has 0 amide bonds. The lowest BCUT2D eigenvalue weighted by Gasteiger charge is -2.18. The van der Waals surface area contributed by atoms with Crippen LogP contribution in [0, 0.1) is 0 Å². The Bertz CT molecular complexity index is 1180. The summed E-state index contributed by atoms with van der Waals surface area (Å²) in [4.78, 5) is 38.0. The fourth-order valence-electron chi connectivity index (χ4n) is 7.76. The van der Waals surface area contributed by atoms with Gasteiger partial charge < -0.3 is 14.2 Å². The van der Waals surface area contributed by atoms with Gasteiger partial charge in [0.15, 0.2) is 6.10 Å². The molecule has 0 aromatic heterocycles. The van der Waals surface area contributed by atoms with E-state index in [0.717, 1.165) is 103 Å². The van der Waals surface area contributed by atoms with Gasteiger partial charge in [-0.15, -0.1) is 0 Å². The van der Waals surface area contributed by atoms with Gasteiger partial charge in [-0.25, -0.2) is 0 Å². The number of hydrogen-bond acceptors (Lipinski definition) is 6. The molecule has 1 atom stereocenters. The average Bonchev–Trinajstić information content (AvgIpc) is 3.30. The molecule has 6 heteroatoms. The van der Waals surface area contributed by atoms with Crippen molar-refractivity contribution in [1.29, 1.82) is 0 Å². The standard InChI is InChI=1S/C59H104O6/c1-4-7-10-13-16-19-22-24-26-28-30-32-34-37-40-43-46-49-52-58(61)64-55-56(54-63-57(60)51-48-45-42-39-36-21-18-15-12-9-6-3)65-59(62)53-50-47-44-41-38-35-33-31-29-27-25-23-20-17-14-11-8-5-2/h15,18,26-33,56H,4-14,16-17,19-25,34-55H2,1-3H3/b18-15-,28-26-,29-27-,32-30-,33-31-. The maximum Gasteiger partial charge on any atom is 0.306 e. The van der Waals surface area contributed by atoms with Crippen LogP contribution in [0.5, 0.6) is 0 Å². The second kappa shape index (κ2) is 53.7. The van der Waals surface area contributed by atoms with Gasteiger partial charge >= 0.3 is 17.9 Å². The van der Waals surface area contributed by atoms with Crippen molar-refractivity contribution in [3.8, 4) is 0 Å². The third kappa shape index (κ3) is 51.9. The summed E-state index contributed by atoms with van der Waals surface area (Å²) in [5, 5.41) is 0. The van der Waals surface area contributed by atoms with E-state index < -0.39 is 6.10 Å². The van der Waals surface area contributed by atoms with E-state index >= 15 is 0 Å². The molecule has 0 bridgehead atoms. The van der Waals surface area contributed by atoms with Crippen LogP contribution in [0.3, 0.4) is 0 Å². The molecule has 0 N–H and O–H groups in total. The molecule has 65 heavy (non-hydrogen) atoms. The smallest absolute Gasteiger partial charge is 0.306 e. The number of hydrogen-bond donors (Lipinski definition) is 0. The molecular weight excluding hydrogens is 805 g/mol. The van der Waals surface area contributed by atoms with Crippen molar-refractivity contribution in [2.75, 3.05) is 13.2 Å². The lowest BCUT2D eigenvalue weighted by molar-refractivity contribution is -0.167. The molecule has 376 valence electrons. The van der Waals surface area contributed by atoms with Crippen molar-refractivity contribution in [2.24, 2.45) is 0 Å². The van der Waals surface area contributed by atoms with E-state index in [1.807, 2.05) is 0 Å². The minimum Gasteiger partial charge on any atom is -0.462 e. The number of unbranched alkanes of at least 4 members (excludes halogenated alkanes) is 31. The Morgan fingerprint density at radius 3 is 0.908 bits per heavy atom. The Morgan fingerprint density at radius 2 is 0.569 bits per heavy atom. The molecule has 0 aliphatic rings. The van der Waals surface area contributed by atoms with Gasteiger partial charge in [0.1, 0.15) is 13.2 Å².